The third-order valence-corrected chi connectivity index (χ3v) is 5.11. The zero-order valence-electron chi connectivity index (χ0n) is 11.0. The van der Waals surface area contributed by atoms with E-state index in [1.54, 1.807) is 18.3 Å². The number of nitrogens with one attached hydrogen (secondary N) is 2. The van der Waals surface area contributed by atoms with Crippen molar-refractivity contribution in [2.75, 3.05) is 11.6 Å². The Labute approximate surface area is 113 Å². The van der Waals surface area contributed by atoms with Crippen molar-refractivity contribution in [1.82, 2.24) is 10.3 Å². The zero-order chi connectivity index (χ0) is 13.5. The summed E-state index contributed by atoms with van der Waals surface area (Å²) in [7, 11) is -3.24. The molecule has 0 amide bonds. The summed E-state index contributed by atoms with van der Waals surface area (Å²) < 4.78 is 23.5. The molecule has 2 N–H and O–H groups in total. The summed E-state index contributed by atoms with van der Waals surface area (Å²) >= 11 is 0. The number of hydrogen-bond acceptors (Lipinski definition) is 5. The number of piperidine rings is 1. The zero-order valence-corrected chi connectivity index (χ0v) is 11.8. The van der Waals surface area contributed by atoms with Gasteiger partial charge in [0, 0.05) is 30.6 Å². The Morgan fingerprint density at radius 3 is 2.63 bits per heavy atom. The van der Waals surface area contributed by atoms with Gasteiger partial charge in [0.25, 0.3) is 0 Å². The van der Waals surface area contributed by atoms with Crippen LogP contribution in [0.3, 0.4) is 0 Å². The van der Waals surface area contributed by atoms with Crippen molar-refractivity contribution in [3.63, 3.8) is 0 Å². The summed E-state index contributed by atoms with van der Waals surface area (Å²) in [5, 5.41) is 6.90. The van der Waals surface area contributed by atoms with E-state index in [1.165, 1.54) is 19.1 Å². The fourth-order valence-electron chi connectivity index (χ4n) is 3.17. The minimum atomic E-state index is -3.24. The Hall–Kier alpha value is -1.14. The van der Waals surface area contributed by atoms with Crippen LogP contribution in [-0.4, -0.2) is 37.8 Å². The summed E-state index contributed by atoms with van der Waals surface area (Å²) in [6, 6.07) is 4.73. The summed E-state index contributed by atoms with van der Waals surface area (Å²) in [6.07, 6.45) is 7.38. The maximum absolute atomic E-state index is 11.7. The summed E-state index contributed by atoms with van der Waals surface area (Å²) in [5.74, 6) is 0.497. The lowest BCUT2D eigenvalue weighted by Crippen LogP contribution is -2.43. The lowest BCUT2D eigenvalue weighted by Gasteiger charge is -2.30. The van der Waals surface area contributed by atoms with E-state index in [9.17, 15) is 8.42 Å². The van der Waals surface area contributed by atoms with Gasteiger partial charge >= 0.3 is 0 Å². The molecule has 2 unspecified atom stereocenters. The van der Waals surface area contributed by atoms with Crippen molar-refractivity contribution >= 4 is 15.7 Å². The quantitative estimate of drug-likeness (QED) is 0.870. The SMILES string of the molecule is CS(=O)(=O)c1cccnc1NC1CC2CCC(C1)N2. The van der Waals surface area contributed by atoms with Crippen LogP contribution in [0.15, 0.2) is 23.2 Å². The highest BCUT2D eigenvalue weighted by molar-refractivity contribution is 7.90. The van der Waals surface area contributed by atoms with Gasteiger partial charge in [-0.2, -0.15) is 0 Å². The van der Waals surface area contributed by atoms with Crippen LogP contribution in [0, 0.1) is 0 Å². The number of anilines is 1. The number of rotatable bonds is 3. The molecule has 2 aliphatic rings. The molecule has 2 saturated heterocycles. The second kappa shape index (κ2) is 4.76. The second-order valence-electron chi connectivity index (χ2n) is 5.57. The molecule has 0 aliphatic carbocycles. The normalized spacial score (nSPS) is 30.3. The van der Waals surface area contributed by atoms with Crippen molar-refractivity contribution in [1.29, 1.82) is 0 Å². The van der Waals surface area contributed by atoms with Gasteiger partial charge in [0.05, 0.1) is 0 Å². The van der Waals surface area contributed by atoms with Gasteiger partial charge in [0.15, 0.2) is 9.84 Å². The van der Waals surface area contributed by atoms with Gasteiger partial charge in [-0.25, -0.2) is 13.4 Å². The first kappa shape index (κ1) is 12.9. The Bertz CT molecular complexity index is 561. The highest BCUT2D eigenvalue weighted by Crippen LogP contribution is 2.29. The van der Waals surface area contributed by atoms with Crippen molar-refractivity contribution in [2.45, 2.75) is 48.7 Å². The number of sulfone groups is 1. The van der Waals surface area contributed by atoms with E-state index in [4.69, 9.17) is 0 Å². The average Bonchev–Trinajstić information content (AvgIpc) is 2.68. The number of fused-ring (bicyclic) bond motifs is 2. The number of hydrogen-bond donors (Lipinski definition) is 2. The summed E-state index contributed by atoms with van der Waals surface area (Å²) in [5.41, 5.74) is 0. The van der Waals surface area contributed by atoms with Crippen LogP contribution < -0.4 is 10.6 Å². The standard InChI is InChI=1S/C13H19N3O2S/c1-19(17,18)12-3-2-6-14-13(12)16-11-7-9-4-5-10(8-11)15-9/h2-3,6,9-11,15H,4-5,7-8H2,1H3,(H,14,16). The van der Waals surface area contributed by atoms with E-state index >= 15 is 0 Å². The molecular weight excluding hydrogens is 262 g/mol. The molecule has 19 heavy (non-hydrogen) atoms. The number of aromatic nitrogens is 1. The smallest absolute Gasteiger partial charge is 0.179 e. The first-order chi connectivity index (χ1) is 9.02. The number of pyridine rings is 1. The Morgan fingerprint density at radius 1 is 1.32 bits per heavy atom. The van der Waals surface area contributed by atoms with Gasteiger partial charge in [0.2, 0.25) is 0 Å². The Kier molecular flexibility index (Phi) is 3.22. The van der Waals surface area contributed by atoms with Gasteiger partial charge in [0.1, 0.15) is 10.7 Å². The topological polar surface area (TPSA) is 71.1 Å². The predicted octanol–water partition coefficient (Wildman–Crippen LogP) is 1.18. The largest absolute Gasteiger partial charge is 0.366 e. The van der Waals surface area contributed by atoms with E-state index in [-0.39, 0.29) is 0 Å². The molecule has 3 rings (SSSR count). The predicted molar refractivity (Wildman–Crippen MR) is 73.9 cm³/mol. The van der Waals surface area contributed by atoms with Crippen LogP contribution in [0.1, 0.15) is 25.7 Å². The van der Waals surface area contributed by atoms with Crippen LogP contribution in [0.2, 0.25) is 0 Å². The average molecular weight is 281 g/mol. The molecule has 104 valence electrons. The molecular formula is C13H19N3O2S. The molecule has 0 aromatic carbocycles. The highest BCUT2D eigenvalue weighted by atomic mass is 32.2. The molecule has 2 aliphatic heterocycles. The third-order valence-electron chi connectivity index (χ3n) is 3.98. The van der Waals surface area contributed by atoms with Gasteiger partial charge in [-0.3, -0.25) is 0 Å². The van der Waals surface area contributed by atoms with Crippen molar-refractivity contribution in [3.05, 3.63) is 18.3 Å². The van der Waals surface area contributed by atoms with Crippen LogP contribution in [0.25, 0.3) is 0 Å². The van der Waals surface area contributed by atoms with E-state index < -0.39 is 9.84 Å². The Balaban J connectivity index is 1.80. The summed E-state index contributed by atoms with van der Waals surface area (Å²) in [6.45, 7) is 0. The fraction of sp³-hybridized carbons (Fsp3) is 0.615. The lowest BCUT2D eigenvalue weighted by molar-refractivity contribution is 0.377. The first-order valence-corrected chi connectivity index (χ1v) is 8.59. The minimum absolute atomic E-state index is 0.292. The van der Waals surface area contributed by atoms with Gasteiger partial charge in [-0.1, -0.05) is 0 Å². The second-order valence-corrected chi connectivity index (χ2v) is 7.56. The fourth-order valence-corrected chi connectivity index (χ4v) is 3.96. The molecule has 2 bridgehead atoms. The van der Waals surface area contributed by atoms with Crippen LogP contribution in [0.4, 0.5) is 5.82 Å². The molecule has 0 saturated carbocycles. The van der Waals surface area contributed by atoms with Gasteiger partial charge < -0.3 is 10.6 Å². The van der Waals surface area contributed by atoms with Crippen LogP contribution >= 0.6 is 0 Å². The molecule has 1 aromatic rings. The number of nitrogens with zero attached hydrogens (tertiary/aromatic N) is 1. The van der Waals surface area contributed by atoms with Crippen LogP contribution in [-0.2, 0) is 9.84 Å². The molecule has 0 radical (unpaired) electrons. The molecule has 0 spiro atoms. The van der Waals surface area contributed by atoms with E-state index in [0.717, 1.165) is 12.8 Å². The first-order valence-electron chi connectivity index (χ1n) is 6.70. The van der Waals surface area contributed by atoms with Gasteiger partial charge in [-0.05, 0) is 37.8 Å². The molecule has 2 atom stereocenters. The highest BCUT2D eigenvalue weighted by Gasteiger charge is 2.33. The van der Waals surface area contributed by atoms with Crippen molar-refractivity contribution < 1.29 is 8.42 Å². The lowest BCUT2D eigenvalue weighted by atomic mass is 10.00. The van der Waals surface area contributed by atoms with Crippen LogP contribution in [0.5, 0.6) is 0 Å². The maximum Gasteiger partial charge on any atom is 0.179 e. The molecule has 6 heteroatoms. The van der Waals surface area contributed by atoms with E-state index in [2.05, 4.69) is 15.6 Å². The third kappa shape index (κ3) is 2.74. The van der Waals surface area contributed by atoms with Crippen molar-refractivity contribution in [2.24, 2.45) is 0 Å². The summed E-state index contributed by atoms with van der Waals surface area (Å²) in [4.78, 5) is 4.49. The molecule has 2 fully saturated rings. The molecule has 5 nitrogen and oxygen atoms in total. The molecule has 1 aromatic heterocycles. The van der Waals surface area contributed by atoms with Crippen molar-refractivity contribution in [3.8, 4) is 0 Å². The molecule has 3 heterocycles. The Morgan fingerprint density at radius 2 is 2.00 bits per heavy atom. The van der Waals surface area contributed by atoms with Gasteiger partial charge in [-0.15, -0.1) is 0 Å². The minimum Gasteiger partial charge on any atom is -0.366 e. The van der Waals surface area contributed by atoms with E-state index in [1.807, 2.05) is 0 Å². The monoisotopic (exact) mass is 281 g/mol. The maximum atomic E-state index is 11.7. The van der Waals surface area contributed by atoms with E-state index in [0.29, 0.717) is 28.8 Å².